The summed E-state index contributed by atoms with van der Waals surface area (Å²) >= 11 is 0. The van der Waals surface area contributed by atoms with Gasteiger partial charge in [0.25, 0.3) is 0 Å². The van der Waals surface area contributed by atoms with Crippen molar-refractivity contribution >= 4 is 0 Å². The van der Waals surface area contributed by atoms with E-state index in [4.69, 9.17) is 0 Å². The molecule has 1 aromatic rings. The number of ether oxygens (including phenoxy) is 1. The zero-order valence-electron chi connectivity index (χ0n) is 12.8. The molecule has 5 heteroatoms. The van der Waals surface area contributed by atoms with Crippen molar-refractivity contribution in [2.24, 2.45) is 5.92 Å². The fourth-order valence-electron chi connectivity index (χ4n) is 2.44. The highest BCUT2D eigenvalue weighted by Gasteiger charge is 2.31. The molecule has 0 bridgehead atoms. The average Bonchev–Trinajstić information content (AvgIpc) is 2.43. The molecular weight excluding hydrogens is 279 g/mol. The summed E-state index contributed by atoms with van der Waals surface area (Å²) in [7, 11) is 0. The lowest BCUT2D eigenvalue weighted by Gasteiger charge is -2.23. The fourth-order valence-corrected chi connectivity index (χ4v) is 2.44. The summed E-state index contributed by atoms with van der Waals surface area (Å²) in [6.45, 7) is 7.18. The third-order valence-corrected chi connectivity index (χ3v) is 3.69. The Hall–Kier alpha value is -1.23. The van der Waals surface area contributed by atoms with Crippen LogP contribution in [0, 0.1) is 5.92 Å². The Morgan fingerprint density at radius 3 is 2.05 bits per heavy atom. The first-order chi connectivity index (χ1) is 9.89. The zero-order chi connectivity index (χ0) is 15.9. The van der Waals surface area contributed by atoms with Crippen molar-refractivity contribution in [3.63, 3.8) is 0 Å². The maximum absolute atomic E-state index is 12.2. The molecule has 1 rings (SSSR count). The van der Waals surface area contributed by atoms with E-state index >= 15 is 0 Å². The molecule has 0 heterocycles. The van der Waals surface area contributed by atoms with Gasteiger partial charge >= 0.3 is 6.36 Å². The minimum atomic E-state index is -4.64. The Morgan fingerprint density at radius 2 is 1.62 bits per heavy atom. The minimum Gasteiger partial charge on any atom is -0.406 e. The maximum atomic E-state index is 12.2. The molecule has 120 valence electrons. The third-order valence-electron chi connectivity index (χ3n) is 3.69. The number of rotatable bonds is 8. The lowest BCUT2D eigenvalue weighted by atomic mass is 9.91. The Bertz CT molecular complexity index is 399. The van der Waals surface area contributed by atoms with E-state index in [1.807, 2.05) is 6.92 Å². The summed E-state index contributed by atoms with van der Waals surface area (Å²) in [6, 6.07) is 6.33. The van der Waals surface area contributed by atoms with Crippen LogP contribution in [0.1, 0.15) is 51.6 Å². The number of alkyl halides is 3. The van der Waals surface area contributed by atoms with Crippen LogP contribution in [0.3, 0.4) is 0 Å². The Labute approximate surface area is 124 Å². The highest BCUT2D eigenvalue weighted by molar-refractivity contribution is 5.29. The summed E-state index contributed by atoms with van der Waals surface area (Å²) < 4.78 is 40.4. The minimum absolute atomic E-state index is 0.167. The topological polar surface area (TPSA) is 21.3 Å². The first-order valence-corrected chi connectivity index (χ1v) is 7.48. The molecule has 0 aliphatic rings. The van der Waals surface area contributed by atoms with Crippen LogP contribution in [0.15, 0.2) is 24.3 Å². The number of hydrogen-bond donors (Lipinski definition) is 1. The van der Waals surface area contributed by atoms with Gasteiger partial charge in [0.2, 0.25) is 0 Å². The molecule has 2 nitrogen and oxygen atoms in total. The van der Waals surface area contributed by atoms with Crippen molar-refractivity contribution in [2.45, 2.75) is 52.4 Å². The molecule has 0 saturated heterocycles. The van der Waals surface area contributed by atoms with Gasteiger partial charge in [-0.15, -0.1) is 13.2 Å². The smallest absolute Gasteiger partial charge is 0.406 e. The Kier molecular flexibility index (Phi) is 7.02. The quantitative estimate of drug-likeness (QED) is 0.724. The molecule has 21 heavy (non-hydrogen) atoms. The van der Waals surface area contributed by atoms with E-state index in [-0.39, 0.29) is 11.8 Å². The summed E-state index contributed by atoms with van der Waals surface area (Å²) in [5, 5.41) is 3.40. The lowest BCUT2D eigenvalue weighted by Crippen LogP contribution is -2.23. The van der Waals surface area contributed by atoms with Crippen molar-refractivity contribution in [3.05, 3.63) is 29.8 Å². The molecular formula is C16H24F3NO. The highest BCUT2D eigenvalue weighted by atomic mass is 19.4. The third kappa shape index (κ3) is 6.38. The van der Waals surface area contributed by atoms with Crippen molar-refractivity contribution in [3.8, 4) is 5.75 Å². The van der Waals surface area contributed by atoms with Gasteiger partial charge in [0, 0.05) is 6.04 Å². The number of benzene rings is 1. The molecule has 0 amide bonds. The molecule has 0 saturated carbocycles. The second-order valence-electron chi connectivity index (χ2n) is 5.15. The van der Waals surface area contributed by atoms with Crippen LogP contribution in [0.2, 0.25) is 0 Å². The zero-order valence-corrected chi connectivity index (χ0v) is 12.8. The van der Waals surface area contributed by atoms with Crippen LogP contribution >= 0.6 is 0 Å². The molecule has 0 radical (unpaired) electrons. The lowest BCUT2D eigenvalue weighted by molar-refractivity contribution is -0.274. The van der Waals surface area contributed by atoms with Gasteiger partial charge in [-0.25, -0.2) is 0 Å². The summed E-state index contributed by atoms with van der Waals surface area (Å²) in [5.41, 5.74) is 0.998. The first kappa shape index (κ1) is 17.8. The van der Waals surface area contributed by atoms with Gasteiger partial charge in [-0.3, -0.25) is 0 Å². The fraction of sp³-hybridized carbons (Fsp3) is 0.625. The highest BCUT2D eigenvalue weighted by Crippen LogP contribution is 2.28. The van der Waals surface area contributed by atoms with E-state index in [1.165, 1.54) is 12.1 Å². The van der Waals surface area contributed by atoms with Crippen LogP contribution in [0.4, 0.5) is 13.2 Å². The number of halogens is 3. The standard InChI is InChI=1S/C16H24F3NO/c1-4-12(5-2)11-15(20-6-3)13-7-9-14(10-8-13)21-16(17,18)19/h7-10,12,15,20H,4-6,11H2,1-3H3. The molecule has 1 aromatic carbocycles. The molecule has 0 aliphatic heterocycles. The van der Waals surface area contributed by atoms with Crippen LogP contribution in [-0.2, 0) is 0 Å². The first-order valence-electron chi connectivity index (χ1n) is 7.48. The van der Waals surface area contributed by atoms with Gasteiger partial charge in [0.1, 0.15) is 5.75 Å². The molecule has 0 fully saturated rings. The van der Waals surface area contributed by atoms with E-state index < -0.39 is 6.36 Å². The van der Waals surface area contributed by atoms with Crippen LogP contribution in [-0.4, -0.2) is 12.9 Å². The van der Waals surface area contributed by atoms with E-state index in [0.717, 1.165) is 31.4 Å². The Balaban J connectivity index is 2.79. The molecule has 0 aromatic heterocycles. The van der Waals surface area contributed by atoms with E-state index in [0.29, 0.717) is 5.92 Å². The second-order valence-corrected chi connectivity index (χ2v) is 5.15. The van der Waals surface area contributed by atoms with Crippen LogP contribution < -0.4 is 10.1 Å². The molecule has 1 unspecified atom stereocenters. The van der Waals surface area contributed by atoms with Crippen LogP contribution in [0.5, 0.6) is 5.75 Å². The van der Waals surface area contributed by atoms with Crippen molar-refractivity contribution in [2.75, 3.05) is 6.54 Å². The Morgan fingerprint density at radius 1 is 1.05 bits per heavy atom. The molecule has 0 aliphatic carbocycles. The summed E-state index contributed by atoms with van der Waals surface area (Å²) in [4.78, 5) is 0. The van der Waals surface area contributed by atoms with Gasteiger partial charge in [-0.2, -0.15) is 0 Å². The van der Waals surface area contributed by atoms with Gasteiger partial charge in [0.05, 0.1) is 0 Å². The largest absolute Gasteiger partial charge is 0.573 e. The van der Waals surface area contributed by atoms with Gasteiger partial charge in [-0.1, -0.05) is 45.7 Å². The number of hydrogen-bond acceptors (Lipinski definition) is 2. The predicted octanol–water partition coefficient (Wildman–Crippen LogP) is 5.06. The monoisotopic (exact) mass is 303 g/mol. The van der Waals surface area contributed by atoms with Gasteiger partial charge in [0.15, 0.2) is 0 Å². The van der Waals surface area contributed by atoms with Crippen LogP contribution in [0.25, 0.3) is 0 Å². The molecule has 0 spiro atoms. The maximum Gasteiger partial charge on any atom is 0.573 e. The van der Waals surface area contributed by atoms with E-state index in [2.05, 4.69) is 23.9 Å². The van der Waals surface area contributed by atoms with E-state index in [9.17, 15) is 13.2 Å². The SMILES string of the molecule is CCNC(CC(CC)CC)c1ccc(OC(F)(F)F)cc1. The van der Waals surface area contributed by atoms with Crippen molar-refractivity contribution in [1.29, 1.82) is 0 Å². The molecule has 1 N–H and O–H groups in total. The summed E-state index contributed by atoms with van der Waals surface area (Å²) in [6.07, 6.45) is -1.44. The number of nitrogens with one attached hydrogen (secondary N) is 1. The summed E-state index contributed by atoms with van der Waals surface area (Å²) in [5.74, 6) is 0.434. The second kappa shape index (κ2) is 8.27. The van der Waals surface area contributed by atoms with Crippen molar-refractivity contribution < 1.29 is 17.9 Å². The van der Waals surface area contributed by atoms with Gasteiger partial charge < -0.3 is 10.1 Å². The normalized spacial score (nSPS) is 13.5. The van der Waals surface area contributed by atoms with Gasteiger partial charge in [-0.05, 0) is 36.6 Å². The predicted molar refractivity (Wildman–Crippen MR) is 78.2 cm³/mol. The molecule has 1 atom stereocenters. The van der Waals surface area contributed by atoms with Crippen molar-refractivity contribution in [1.82, 2.24) is 5.32 Å². The average molecular weight is 303 g/mol. The van der Waals surface area contributed by atoms with E-state index in [1.54, 1.807) is 12.1 Å².